The van der Waals surface area contributed by atoms with Crippen molar-refractivity contribution in [1.29, 1.82) is 0 Å². The standard InChI is InChI=1S/C15H11BrF3NO/c1-8(9-2-4-11(17)5-3-9)20-15(21)14-12(18)6-10(16)7-13(14)19/h2-8H,1H3,(H,20,21). The summed E-state index contributed by atoms with van der Waals surface area (Å²) in [7, 11) is 0. The molecule has 0 aliphatic rings. The van der Waals surface area contributed by atoms with Crippen LogP contribution in [-0.4, -0.2) is 5.91 Å². The molecule has 2 aromatic rings. The van der Waals surface area contributed by atoms with Crippen LogP contribution in [0.5, 0.6) is 0 Å². The van der Waals surface area contributed by atoms with E-state index in [4.69, 9.17) is 0 Å². The minimum Gasteiger partial charge on any atom is -0.345 e. The zero-order valence-corrected chi connectivity index (χ0v) is 12.5. The molecule has 0 radical (unpaired) electrons. The summed E-state index contributed by atoms with van der Waals surface area (Å²) in [5, 5.41) is 2.48. The van der Waals surface area contributed by atoms with Gasteiger partial charge in [-0.15, -0.1) is 0 Å². The largest absolute Gasteiger partial charge is 0.345 e. The molecule has 0 aliphatic heterocycles. The summed E-state index contributed by atoms with van der Waals surface area (Å²) in [6, 6.07) is 7.00. The Morgan fingerprint density at radius 2 is 1.62 bits per heavy atom. The number of carbonyl (C=O) groups is 1. The van der Waals surface area contributed by atoms with Gasteiger partial charge in [0.2, 0.25) is 0 Å². The Labute approximate surface area is 128 Å². The van der Waals surface area contributed by atoms with Crippen molar-refractivity contribution in [3.05, 3.63) is 69.4 Å². The first-order valence-corrected chi connectivity index (χ1v) is 6.88. The molecule has 0 aliphatic carbocycles. The smallest absolute Gasteiger partial charge is 0.257 e. The third-order valence-electron chi connectivity index (χ3n) is 2.95. The lowest BCUT2D eigenvalue weighted by Crippen LogP contribution is -2.28. The molecule has 0 heterocycles. The number of carbonyl (C=O) groups excluding carboxylic acids is 1. The molecular weight excluding hydrogens is 347 g/mol. The van der Waals surface area contributed by atoms with Crippen molar-refractivity contribution in [2.45, 2.75) is 13.0 Å². The fourth-order valence-corrected chi connectivity index (χ4v) is 2.26. The number of halogens is 4. The van der Waals surface area contributed by atoms with Crippen LogP contribution in [0, 0.1) is 17.5 Å². The average Bonchev–Trinajstić information content (AvgIpc) is 2.37. The van der Waals surface area contributed by atoms with Crippen molar-refractivity contribution in [2.24, 2.45) is 0 Å². The SMILES string of the molecule is CC(NC(=O)c1c(F)cc(Br)cc1F)c1ccc(F)cc1. The van der Waals surface area contributed by atoms with E-state index in [1.807, 2.05) is 0 Å². The Morgan fingerprint density at radius 1 is 1.10 bits per heavy atom. The second kappa shape index (κ2) is 6.30. The quantitative estimate of drug-likeness (QED) is 0.868. The van der Waals surface area contributed by atoms with Crippen LogP contribution in [0.3, 0.4) is 0 Å². The van der Waals surface area contributed by atoms with E-state index in [1.54, 1.807) is 6.92 Å². The zero-order valence-electron chi connectivity index (χ0n) is 11.0. The van der Waals surface area contributed by atoms with E-state index in [2.05, 4.69) is 21.2 Å². The lowest BCUT2D eigenvalue weighted by Gasteiger charge is -2.15. The summed E-state index contributed by atoms with van der Waals surface area (Å²) >= 11 is 2.94. The molecule has 0 spiro atoms. The molecule has 0 aromatic heterocycles. The maximum atomic E-state index is 13.7. The minimum atomic E-state index is -0.953. The average molecular weight is 358 g/mol. The van der Waals surface area contributed by atoms with E-state index in [9.17, 15) is 18.0 Å². The highest BCUT2D eigenvalue weighted by molar-refractivity contribution is 9.10. The van der Waals surface area contributed by atoms with Gasteiger partial charge in [0.1, 0.15) is 23.0 Å². The predicted octanol–water partition coefficient (Wildman–Crippen LogP) is 4.36. The zero-order chi connectivity index (χ0) is 15.6. The van der Waals surface area contributed by atoms with E-state index in [-0.39, 0.29) is 4.47 Å². The maximum absolute atomic E-state index is 13.7. The van der Waals surface area contributed by atoms with Gasteiger partial charge < -0.3 is 5.32 Å². The first kappa shape index (κ1) is 15.6. The third-order valence-corrected chi connectivity index (χ3v) is 3.41. The number of nitrogens with one attached hydrogen (secondary N) is 1. The number of rotatable bonds is 3. The normalized spacial score (nSPS) is 12.0. The van der Waals surface area contributed by atoms with E-state index in [0.717, 1.165) is 12.1 Å². The van der Waals surface area contributed by atoms with Crippen LogP contribution in [0.4, 0.5) is 13.2 Å². The first-order valence-electron chi connectivity index (χ1n) is 6.09. The van der Waals surface area contributed by atoms with Crippen LogP contribution >= 0.6 is 15.9 Å². The lowest BCUT2D eigenvalue weighted by atomic mass is 10.1. The molecule has 0 saturated carbocycles. The predicted molar refractivity (Wildman–Crippen MR) is 76.3 cm³/mol. The van der Waals surface area contributed by atoms with Crippen LogP contribution in [-0.2, 0) is 0 Å². The van der Waals surface area contributed by atoms with Gasteiger partial charge in [0.15, 0.2) is 0 Å². The van der Waals surface area contributed by atoms with Gasteiger partial charge in [0, 0.05) is 4.47 Å². The fourth-order valence-electron chi connectivity index (χ4n) is 1.86. The van der Waals surface area contributed by atoms with Crippen molar-refractivity contribution >= 4 is 21.8 Å². The summed E-state index contributed by atoms with van der Waals surface area (Å²) in [6.45, 7) is 1.64. The molecule has 6 heteroatoms. The highest BCUT2D eigenvalue weighted by atomic mass is 79.9. The third kappa shape index (κ3) is 3.64. The molecule has 1 N–H and O–H groups in total. The van der Waals surface area contributed by atoms with Gasteiger partial charge in [-0.05, 0) is 36.8 Å². The van der Waals surface area contributed by atoms with Crippen LogP contribution in [0.2, 0.25) is 0 Å². The summed E-state index contributed by atoms with van der Waals surface area (Å²) in [5.41, 5.74) is -0.0187. The van der Waals surface area contributed by atoms with E-state index in [0.29, 0.717) is 5.56 Å². The second-order valence-electron chi connectivity index (χ2n) is 4.49. The monoisotopic (exact) mass is 357 g/mol. The maximum Gasteiger partial charge on any atom is 0.257 e. The van der Waals surface area contributed by atoms with Gasteiger partial charge in [-0.3, -0.25) is 4.79 Å². The summed E-state index contributed by atoms with van der Waals surface area (Å²) in [6.07, 6.45) is 0. The Hall–Kier alpha value is -1.82. The lowest BCUT2D eigenvalue weighted by molar-refractivity contribution is 0.0931. The molecule has 0 fully saturated rings. The first-order chi connectivity index (χ1) is 9.88. The van der Waals surface area contributed by atoms with Crippen molar-refractivity contribution in [1.82, 2.24) is 5.32 Å². The van der Waals surface area contributed by atoms with Crippen molar-refractivity contribution < 1.29 is 18.0 Å². The van der Waals surface area contributed by atoms with E-state index < -0.39 is 35.0 Å². The summed E-state index contributed by atoms with van der Waals surface area (Å²) < 4.78 is 40.4. The molecule has 21 heavy (non-hydrogen) atoms. The van der Waals surface area contributed by atoms with Gasteiger partial charge >= 0.3 is 0 Å². The number of hydrogen-bond acceptors (Lipinski definition) is 1. The molecule has 0 bridgehead atoms. The Balaban J connectivity index is 2.20. The van der Waals surface area contributed by atoms with Gasteiger partial charge in [0.25, 0.3) is 5.91 Å². The number of hydrogen-bond donors (Lipinski definition) is 1. The van der Waals surface area contributed by atoms with Gasteiger partial charge in [-0.2, -0.15) is 0 Å². The minimum absolute atomic E-state index is 0.209. The van der Waals surface area contributed by atoms with Crippen molar-refractivity contribution in [2.75, 3.05) is 0 Å². The molecule has 1 atom stereocenters. The molecule has 1 amide bonds. The number of benzene rings is 2. The van der Waals surface area contributed by atoms with Crippen LogP contribution < -0.4 is 5.32 Å². The van der Waals surface area contributed by atoms with E-state index in [1.165, 1.54) is 24.3 Å². The molecule has 1 unspecified atom stereocenters. The molecule has 2 rings (SSSR count). The molecule has 2 nitrogen and oxygen atoms in total. The molecule has 110 valence electrons. The summed E-state index contributed by atoms with van der Waals surface area (Å²) in [5.74, 6) is -3.17. The number of amides is 1. The van der Waals surface area contributed by atoms with Crippen LogP contribution in [0.15, 0.2) is 40.9 Å². The van der Waals surface area contributed by atoms with Gasteiger partial charge in [0.05, 0.1) is 6.04 Å². The van der Waals surface area contributed by atoms with Crippen LogP contribution in [0.25, 0.3) is 0 Å². The summed E-state index contributed by atoms with van der Waals surface area (Å²) in [4.78, 5) is 12.0. The molecular formula is C15H11BrF3NO. The van der Waals surface area contributed by atoms with E-state index >= 15 is 0 Å². The topological polar surface area (TPSA) is 29.1 Å². The van der Waals surface area contributed by atoms with Gasteiger partial charge in [-0.1, -0.05) is 28.1 Å². The van der Waals surface area contributed by atoms with Crippen molar-refractivity contribution in [3.8, 4) is 0 Å². The van der Waals surface area contributed by atoms with Crippen LogP contribution in [0.1, 0.15) is 28.9 Å². The second-order valence-corrected chi connectivity index (χ2v) is 5.41. The Kier molecular flexibility index (Phi) is 4.67. The molecule has 2 aromatic carbocycles. The Bertz CT molecular complexity index is 650. The fraction of sp³-hybridized carbons (Fsp3) is 0.133. The highest BCUT2D eigenvalue weighted by Gasteiger charge is 2.20. The Morgan fingerprint density at radius 3 is 2.14 bits per heavy atom. The van der Waals surface area contributed by atoms with Gasteiger partial charge in [-0.25, -0.2) is 13.2 Å². The van der Waals surface area contributed by atoms with Crippen molar-refractivity contribution in [3.63, 3.8) is 0 Å². The molecule has 0 saturated heterocycles. The highest BCUT2D eigenvalue weighted by Crippen LogP contribution is 2.21.